The fourth-order valence-corrected chi connectivity index (χ4v) is 2.60. The third-order valence-corrected chi connectivity index (χ3v) is 3.75. The molecular formula is C14H10Cl2N2O4. The number of halogens is 2. The minimum atomic E-state index is 0.110. The van der Waals surface area contributed by atoms with Crippen LogP contribution in [0, 0.1) is 0 Å². The van der Waals surface area contributed by atoms with Crippen molar-refractivity contribution in [1.82, 2.24) is 10.2 Å². The molecular weight excluding hydrogens is 331 g/mol. The molecule has 1 heterocycles. The van der Waals surface area contributed by atoms with Gasteiger partial charge in [-0.25, -0.2) is 0 Å². The topological polar surface area (TPSA) is 78.4 Å². The van der Waals surface area contributed by atoms with Crippen molar-refractivity contribution in [2.24, 2.45) is 0 Å². The number of methoxy groups -OCH3 is 2. The highest BCUT2D eigenvalue weighted by molar-refractivity contribution is 6.45. The lowest BCUT2D eigenvalue weighted by Gasteiger charge is -2.14. The molecule has 22 heavy (non-hydrogen) atoms. The smallest absolute Gasteiger partial charge is 0.149 e. The van der Waals surface area contributed by atoms with Gasteiger partial charge in [0.05, 0.1) is 25.0 Å². The quantitative estimate of drug-likeness (QED) is 0.770. The number of nitrogens with zero attached hydrogens (tertiary/aromatic N) is 2. The van der Waals surface area contributed by atoms with Gasteiger partial charge in [0.2, 0.25) is 0 Å². The van der Waals surface area contributed by atoms with Gasteiger partial charge in [0.25, 0.3) is 0 Å². The maximum atomic E-state index is 10.8. The van der Waals surface area contributed by atoms with E-state index < -0.39 is 0 Å². The molecule has 0 spiro atoms. The van der Waals surface area contributed by atoms with Gasteiger partial charge in [-0.15, -0.1) is 10.2 Å². The number of hydrogen-bond donors (Lipinski definition) is 0. The number of ether oxygens (including phenoxy) is 2. The summed E-state index contributed by atoms with van der Waals surface area (Å²) in [6, 6.07) is 0. The Hall–Kier alpha value is -2.18. The van der Waals surface area contributed by atoms with Gasteiger partial charge in [-0.2, -0.15) is 0 Å². The molecule has 1 aromatic heterocycles. The fraction of sp³-hybridized carbons (Fsp3) is 0.143. The normalized spacial score (nSPS) is 12.5. The molecule has 0 aliphatic rings. The number of aromatic nitrogens is 2. The van der Waals surface area contributed by atoms with Gasteiger partial charge >= 0.3 is 0 Å². The molecule has 0 aliphatic heterocycles. The van der Waals surface area contributed by atoms with Crippen LogP contribution >= 0.6 is 23.2 Å². The summed E-state index contributed by atoms with van der Waals surface area (Å²) in [5, 5.41) is 9.24. The lowest BCUT2D eigenvalue weighted by atomic mass is 10.1. The van der Waals surface area contributed by atoms with Crippen molar-refractivity contribution in [2.75, 3.05) is 14.2 Å². The number of fused-ring (bicyclic) bond motifs is 1. The summed E-state index contributed by atoms with van der Waals surface area (Å²) in [7, 11) is 2.80. The van der Waals surface area contributed by atoms with E-state index >= 15 is 0 Å². The average Bonchev–Trinajstić information content (AvgIpc) is 2.52. The van der Waals surface area contributed by atoms with E-state index in [9.17, 15) is 9.59 Å². The molecule has 0 fully saturated rings. The Kier molecular flexibility index (Phi) is 4.95. The van der Waals surface area contributed by atoms with Crippen molar-refractivity contribution in [3.05, 3.63) is 20.7 Å². The summed E-state index contributed by atoms with van der Waals surface area (Å²) in [4.78, 5) is 21.6. The van der Waals surface area contributed by atoms with E-state index in [0.29, 0.717) is 23.3 Å². The third kappa shape index (κ3) is 2.51. The van der Waals surface area contributed by atoms with Crippen LogP contribution in [0.5, 0.6) is 11.5 Å². The summed E-state index contributed by atoms with van der Waals surface area (Å²) < 4.78 is 10.6. The summed E-state index contributed by atoms with van der Waals surface area (Å²) in [6.45, 7) is 0. The fourth-order valence-electron chi connectivity index (χ4n) is 2.09. The Balaban J connectivity index is 3.28. The van der Waals surface area contributed by atoms with Crippen LogP contribution in [0.1, 0.15) is 0 Å². The highest BCUT2D eigenvalue weighted by Gasteiger charge is 2.21. The summed E-state index contributed by atoms with van der Waals surface area (Å²) >= 11 is 12.4. The van der Waals surface area contributed by atoms with E-state index in [4.69, 9.17) is 32.7 Å². The van der Waals surface area contributed by atoms with Crippen LogP contribution < -0.4 is 20.2 Å². The highest BCUT2D eigenvalue weighted by Crippen LogP contribution is 2.43. The maximum absolute atomic E-state index is 10.8. The van der Waals surface area contributed by atoms with E-state index in [1.807, 2.05) is 0 Å². The molecule has 0 saturated carbocycles. The summed E-state index contributed by atoms with van der Waals surface area (Å²) in [5.41, 5.74) is 0. The predicted molar refractivity (Wildman–Crippen MR) is 83.0 cm³/mol. The van der Waals surface area contributed by atoms with Gasteiger partial charge in [0, 0.05) is 12.2 Å². The minimum Gasteiger partial charge on any atom is -0.494 e. The van der Waals surface area contributed by atoms with Crippen molar-refractivity contribution < 1.29 is 19.1 Å². The van der Waals surface area contributed by atoms with Crippen molar-refractivity contribution >= 4 is 58.7 Å². The lowest BCUT2D eigenvalue weighted by Crippen LogP contribution is -2.22. The molecule has 2 rings (SSSR count). The molecule has 0 radical (unpaired) electrons. The first-order valence-electron chi connectivity index (χ1n) is 5.97. The Morgan fingerprint density at radius 2 is 1.18 bits per heavy atom. The van der Waals surface area contributed by atoms with Crippen LogP contribution in [0.15, 0.2) is 0 Å². The number of carbonyl (C=O) groups is 2. The molecule has 114 valence electrons. The first-order chi connectivity index (χ1) is 10.6. The predicted octanol–water partition coefficient (Wildman–Crippen LogP) is 0.913. The van der Waals surface area contributed by atoms with E-state index in [-0.39, 0.29) is 32.2 Å². The first kappa shape index (κ1) is 16.2. The largest absolute Gasteiger partial charge is 0.494 e. The van der Waals surface area contributed by atoms with Gasteiger partial charge in [0.15, 0.2) is 0 Å². The van der Waals surface area contributed by atoms with Crippen molar-refractivity contribution in [3.63, 3.8) is 0 Å². The van der Waals surface area contributed by atoms with Crippen LogP contribution in [0.2, 0.25) is 10.0 Å². The molecule has 1 aromatic carbocycles. The van der Waals surface area contributed by atoms with Crippen molar-refractivity contribution in [2.45, 2.75) is 0 Å². The van der Waals surface area contributed by atoms with Gasteiger partial charge in [-0.3, -0.25) is 9.59 Å². The van der Waals surface area contributed by atoms with Crippen LogP contribution in [0.3, 0.4) is 0 Å². The molecule has 0 saturated heterocycles. The van der Waals surface area contributed by atoms with Crippen LogP contribution in [-0.4, -0.2) is 37.0 Å². The van der Waals surface area contributed by atoms with Crippen LogP contribution in [0.25, 0.3) is 22.9 Å². The van der Waals surface area contributed by atoms with E-state index in [1.165, 1.54) is 26.4 Å². The zero-order valence-electron chi connectivity index (χ0n) is 11.6. The zero-order valence-corrected chi connectivity index (χ0v) is 13.1. The second kappa shape index (κ2) is 6.72. The molecule has 0 N–H and O–H groups in total. The molecule has 0 bridgehead atoms. The molecule has 8 heteroatoms. The van der Waals surface area contributed by atoms with Gasteiger partial charge in [-0.1, -0.05) is 23.2 Å². The molecule has 6 nitrogen and oxygen atoms in total. The maximum Gasteiger partial charge on any atom is 0.149 e. The Morgan fingerprint density at radius 3 is 1.45 bits per heavy atom. The number of carbonyl (C=O) groups excluding carboxylic acids is 2. The Morgan fingerprint density at radius 1 is 0.818 bits per heavy atom. The second-order valence-electron chi connectivity index (χ2n) is 4.02. The van der Waals surface area contributed by atoms with E-state index in [2.05, 4.69) is 10.2 Å². The van der Waals surface area contributed by atoms with E-state index in [0.717, 1.165) is 0 Å². The first-order valence-corrected chi connectivity index (χ1v) is 6.72. The SMILES string of the molecule is COc1c(Cl)c(Cl)c(OC)c2/c(=C\C=O)nn/c(=C/C=O)c12. The second-order valence-corrected chi connectivity index (χ2v) is 4.78. The standard InChI is InChI=1S/C14H10Cl2N2O4/c1-21-13-9-7(3-5-19)17-18-8(4-6-20)10(9)14(22-2)12(16)11(13)15/h3-6H,1-2H3/b7-3+,8-4+. The molecule has 0 amide bonds. The van der Waals surface area contributed by atoms with Crippen LogP contribution in [0.4, 0.5) is 0 Å². The number of benzene rings is 1. The molecule has 0 aliphatic carbocycles. The zero-order chi connectivity index (χ0) is 16.3. The minimum absolute atomic E-state index is 0.110. The third-order valence-electron chi connectivity index (χ3n) is 2.93. The van der Waals surface area contributed by atoms with Crippen molar-refractivity contribution in [3.8, 4) is 11.5 Å². The van der Waals surface area contributed by atoms with Crippen molar-refractivity contribution in [1.29, 1.82) is 0 Å². The molecule has 0 atom stereocenters. The molecule has 2 aromatic rings. The van der Waals surface area contributed by atoms with E-state index in [1.54, 1.807) is 0 Å². The summed E-state index contributed by atoms with van der Waals surface area (Å²) in [5.74, 6) is 0.428. The number of hydrogen-bond acceptors (Lipinski definition) is 6. The van der Waals surface area contributed by atoms with Gasteiger partial charge in [0.1, 0.15) is 44.8 Å². The average molecular weight is 341 g/mol. The Bertz CT molecular complexity index is 809. The number of aldehydes is 2. The highest BCUT2D eigenvalue weighted by atomic mass is 35.5. The number of rotatable bonds is 4. The van der Waals surface area contributed by atoms with Gasteiger partial charge < -0.3 is 9.47 Å². The molecule has 0 unspecified atom stereocenters. The summed E-state index contributed by atoms with van der Waals surface area (Å²) in [6.07, 6.45) is 3.51. The Labute approximate surface area is 134 Å². The lowest BCUT2D eigenvalue weighted by molar-refractivity contribution is -0.103. The van der Waals surface area contributed by atoms with Crippen LogP contribution in [-0.2, 0) is 9.59 Å². The van der Waals surface area contributed by atoms with Gasteiger partial charge in [-0.05, 0) is 0 Å². The monoisotopic (exact) mass is 340 g/mol.